The Morgan fingerprint density at radius 2 is 1.67 bits per heavy atom. The van der Waals surface area contributed by atoms with Crippen molar-refractivity contribution < 1.29 is 14.0 Å². The number of nitrogens with one attached hydrogen (secondary N) is 1. The van der Waals surface area contributed by atoms with Crippen LogP contribution in [0.15, 0.2) is 71.3 Å². The van der Waals surface area contributed by atoms with Crippen LogP contribution in [0.3, 0.4) is 0 Å². The molecule has 0 radical (unpaired) electrons. The highest BCUT2D eigenvalue weighted by Gasteiger charge is 2.23. The van der Waals surface area contributed by atoms with Crippen LogP contribution in [0, 0.1) is 19.8 Å². The van der Waals surface area contributed by atoms with Gasteiger partial charge in [0.1, 0.15) is 12.3 Å². The van der Waals surface area contributed by atoms with Crippen LogP contribution in [-0.2, 0) is 17.9 Å². The molecule has 0 aliphatic carbocycles. The summed E-state index contributed by atoms with van der Waals surface area (Å²) < 4.78 is 5.48. The number of aryl methyl sites for hydroxylation is 2. The summed E-state index contributed by atoms with van der Waals surface area (Å²) in [6, 6.07) is 19.0. The number of hydrogen-bond donors (Lipinski definition) is 1. The Morgan fingerprint density at radius 1 is 0.909 bits per heavy atom. The maximum atomic E-state index is 13.4. The number of furan rings is 1. The molecule has 0 atom stereocenters. The Bertz CT molecular complexity index is 1050. The number of benzene rings is 2. The van der Waals surface area contributed by atoms with E-state index in [2.05, 4.69) is 5.32 Å². The van der Waals surface area contributed by atoms with Gasteiger partial charge in [-0.25, -0.2) is 4.79 Å². The fourth-order valence-corrected chi connectivity index (χ4v) is 3.57. The van der Waals surface area contributed by atoms with E-state index in [0.29, 0.717) is 25.4 Å². The second-order valence-corrected chi connectivity index (χ2v) is 8.82. The first-order chi connectivity index (χ1) is 15.8. The molecular formula is C27H33N3O3. The Morgan fingerprint density at radius 3 is 2.30 bits per heavy atom. The average Bonchev–Trinajstić information content (AvgIpc) is 3.29. The van der Waals surface area contributed by atoms with Crippen LogP contribution in [-0.4, -0.2) is 34.8 Å². The van der Waals surface area contributed by atoms with E-state index < -0.39 is 0 Å². The molecule has 0 spiro atoms. The minimum Gasteiger partial charge on any atom is -0.467 e. The lowest BCUT2D eigenvalue weighted by molar-refractivity contribution is -0.133. The van der Waals surface area contributed by atoms with E-state index in [-0.39, 0.29) is 24.4 Å². The lowest BCUT2D eigenvalue weighted by atomic mass is 10.1. The fraction of sp³-hybridized carbons (Fsp3) is 0.333. The summed E-state index contributed by atoms with van der Waals surface area (Å²) in [5.74, 6) is 0.788. The Hall–Kier alpha value is -3.54. The zero-order chi connectivity index (χ0) is 23.8. The number of nitrogens with zero attached hydrogens (tertiary/aromatic N) is 2. The highest BCUT2D eigenvalue weighted by atomic mass is 16.3. The van der Waals surface area contributed by atoms with Gasteiger partial charge in [0.2, 0.25) is 5.91 Å². The molecule has 1 heterocycles. The van der Waals surface area contributed by atoms with Crippen LogP contribution in [0.5, 0.6) is 0 Å². The molecule has 6 heteroatoms. The topological polar surface area (TPSA) is 65.8 Å². The number of urea groups is 1. The van der Waals surface area contributed by atoms with Gasteiger partial charge >= 0.3 is 6.03 Å². The van der Waals surface area contributed by atoms with Crippen molar-refractivity contribution in [3.8, 4) is 0 Å². The van der Waals surface area contributed by atoms with Gasteiger partial charge in [-0.2, -0.15) is 0 Å². The van der Waals surface area contributed by atoms with E-state index in [4.69, 9.17) is 4.42 Å². The molecule has 0 unspecified atom stereocenters. The molecule has 0 bridgehead atoms. The molecule has 0 saturated carbocycles. The van der Waals surface area contributed by atoms with Gasteiger partial charge in [-0.15, -0.1) is 0 Å². The molecule has 1 N–H and O–H groups in total. The van der Waals surface area contributed by atoms with Crippen molar-refractivity contribution in [3.63, 3.8) is 0 Å². The number of carbonyl (C=O) groups excluding carboxylic acids is 2. The minimum absolute atomic E-state index is 0.0115. The molecule has 3 aromatic rings. The largest absolute Gasteiger partial charge is 0.467 e. The van der Waals surface area contributed by atoms with Crippen LogP contribution in [0.4, 0.5) is 10.5 Å². The van der Waals surface area contributed by atoms with Crippen LogP contribution in [0.1, 0.15) is 36.3 Å². The average molecular weight is 448 g/mol. The van der Waals surface area contributed by atoms with Crippen molar-refractivity contribution >= 4 is 17.6 Å². The van der Waals surface area contributed by atoms with Crippen molar-refractivity contribution in [2.24, 2.45) is 5.92 Å². The zero-order valence-electron chi connectivity index (χ0n) is 19.9. The van der Waals surface area contributed by atoms with E-state index in [1.165, 1.54) is 0 Å². The molecule has 3 amide bonds. The third-order valence-electron chi connectivity index (χ3n) is 5.45. The zero-order valence-corrected chi connectivity index (χ0v) is 19.9. The number of carbonyl (C=O) groups is 2. The monoisotopic (exact) mass is 447 g/mol. The lowest BCUT2D eigenvalue weighted by Crippen LogP contribution is -2.45. The highest BCUT2D eigenvalue weighted by molar-refractivity contribution is 5.92. The van der Waals surface area contributed by atoms with Crippen molar-refractivity contribution in [1.29, 1.82) is 0 Å². The Balaban J connectivity index is 1.75. The van der Waals surface area contributed by atoms with Gasteiger partial charge in [-0.3, -0.25) is 4.79 Å². The molecule has 0 aliphatic rings. The van der Waals surface area contributed by atoms with Crippen molar-refractivity contribution in [1.82, 2.24) is 9.80 Å². The normalized spacial score (nSPS) is 10.8. The summed E-state index contributed by atoms with van der Waals surface area (Å²) in [6.45, 7) is 9.35. The summed E-state index contributed by atoms with van der Waals surface area (Å²) >= 11 is 0. The smallest absolute Gasteiger partial charge is 0.322 e. The van der Waals surface area contributed by atoms with E-state index >= 15 is 0 Å². The van der Waals surface area contributed by atoms with Crippen molar-refractivity contribution in [2.75, 3.05) is 18.4 Å². The number of hydrogen-bond acceptors (Lipinski definition) is 3. The molecule has 174 valence electrons. The van der Waals surface area contributed by atoms with Gasteiger partial charge in [-0.1, -0.05) is 50.2 Å². The second kappa shape index (κ2) is 11.4. The summed E-state index contributed by atoms with van der Waals surface area (Å²) in [7, 11) is 0. The second-order valence-electron chi connectivity index (χ2n) is 8.82. The quantitative estimate of drug-likeness (QED) is 0.463. The van der Waals surface area contributed by atoms with Gasteiger partial charge in [0, 0.05) is 18.8 Å². The highest BCUT2D eigenvalue weighted by Crippen LogP contribution is 2.16. The Kier molecular flexibility index (Phi) is 8.30. The van der Waals surface area contributed by atoms with Gasteiger partial charge in [0.05, 0.1) is 12.8 Å². The van der Waals surface area contributed by atoms with Crippen molar-refractivity contribution in [2.45, 2.75) is 40.8 Å². The number of anilines is 1. The molecule has 0 fully saturated rings. The molecule has 2 aromatic carbocycles. The summed E-state index contributed by atoms with van der Waals surface area (Å²) in [6.07, 6.45) is 1.60. The molecule has 6 nitrogen and oxygen atoms in total. The SMILES string of the molecule is Cc1ccc(NC(=O)N(CC(=O)N(Cc2ccccc2)Cc2ccco2)CC(C)C)cc1C. The van der Waals surface area contributed by atoms with Crippen molar-refractivity contribution in [3.05, 3.63) is 89.4 Å². The predicted octanol–water partition coefficient (Wildman–Crippen LogP) is 5.62. The van der Waals surface area contributed by atoms with Gasteiger partial charge in [0.15, 0.2) is 0 Å². The van der Waals surface area contributed by atoms with Crippen LogP contribution in [0.25, 0.3) is 0 Å². The van der Waals surface area contributed by atoms with E-state index in [9.17, 15) is 9.59 Å². The molecule has 0 saturated heterocycles. The van der Waals surface area contributed by atoms with E-state index in [1.54, 1.807) is 16.1 Å². The standard InChI is InChI=1S/C27H33N3O3/c1-20(2)16-30(27(32)28-24-13-12-21(3)22(4)15-24)19-26(31)29(18-25-11-8-14-33-25)17-23-9-6-5-7-10-23/h5-15,20H,16-19H2,1-4H3,(H,28,32). The molecule has 0 aliphatic heterocycles. The summed E-state index contributed by atoms with van der Waals surface area (Å²) in [5, 5.41) is 2.95. The summed E-state index contributed by atoms with van der Waals surface area (Å²) in [4.78, 5) is 29.8. The first kappa shape index (κ1) is 24.1. The molecular weight excluding hydrogens is 414 g/mol. The lowest BCUT2D eigenvalue weighted by Gasteiger charge is -2.28. The third kappa shape index (κ3) is 7.24. The Labute approximate surface area is 196 Å². The molecule has 3 rings (SSSR count). The van der Waals surface area contributed by atoms with Gasteiger partial charge in [-0.05, 0) is 60.7 Å². The van der Waals surface area contributed by atoms with Crippen LogP contribution < -0.4 is 5.32 Å². The predicted molar refractivity (Wildman–Crippen MR) is 131 cm³/mol. The van der Waals surface area contributed by atoms with Gasteiger partial charge < -0.3 is 19.5 Å². The van der Waals surface area contributed by atoms with Gasteiger partial charge in [0.25, 0.3) is 0 Å². The van der Waals surface area contributed by atoms with E-state index in [1.807, 2.05) is 88.4 Å². The molecule has 33 heavy (non-hydrogen) atoms. The third-order valence-corrected chi connectivity index (χ3v) is 5.45. The minimum atomic E-state index is -0.280. The van der Waals surface area contributed by atoms with Crippen LogP contribution >= 0.6 is 0 Å². The first-order valence-electron chi connectivity index (χ1n) is 11.3. The maximum absolute atomic E-state index is 13.4. The van der Waals surface area contributed by atoms with E-state index in [0.717, 1.165) is 22.4 Å². The van der Waals surface area contributed by atoms with Crippen LogP contribution in [0.2, 0.25) is 0 Å². The first-order valence-corrected chi connectivity index (χ1v) is 11.3. The number of rotatable bonds is 9. The maximum Gasteiger partial charge on any atom is 0.322 e. The molecule has 1 aromatic heterocycles. The number of amides is 3. The summed E-state index contributed by atoms with van der Waals surface area (Å²) in [5.41, 5.74) is 4.01. The fourth-order valence-electron chi connectivity index (χ4n) is 3.57.